The second-order valence-electron chi connectivity index (χ2n) is 6.99. The van der Waals surface area contributed by atoms with E-state index in [9.17, 15) is 13.2 Å². The molecule has 0 radical (unpaired) electrons. The molecular formula is C20H20N4O5S. The molecule has 10 heteroatoms. The number of morpholine rings is 1. The number of rotatable bonds is 5. The van der Waals surface area contributed by atoms with Crippen LogP contribution in [0, 0.1) is 11.3 Å². The molecule has 4 rings (SSSR count). The number of ether oxygens (including phenoxy) is 2. The van der Waals surface area contributed by atoms with Crippen LogP contribution in [-0.4, -0.2) is 74.0 Å². The molecule has 0 atom stereocenters. The summed E-state index contributed by atoms with van der Waals surface area (Å²) >= 11 is 0. The third-order valence-corrected chi connectivity index (χ3v) is 6.91. The highest BCUT2D eigenvalue weighted by Gasteiger charge is 2.33. The van der Waals surface area contributed by atoms with Crippen molar-refractivity contribution in [2.75, 3.05) is 39.4 Å². The molecule has 2 aliphatic heterocycles. The fraction of sp³-hybridized carbons (Fsp3) is 0.350. The van der Waals surface area contributed by atoms with Gasteiger partial charge >= 0.3 is 0 Å². The number of hydrogen-bond acceptors (Lipinski definition) is 7. The van der Waals surface area contributed by atoms with Gasteiger partial charge in [-0.3, -0.25) is 4.79 Å². The minimum absolute atomic E-state index is 0.164. The number of carbonyl (C=O) groups is 1. The number of benzene rings is 1. The summed E-state index contributed by atoms with van der Waals surface area (Å²) in [5.74, 6) is 0.224. The Morgan fingerprint density at radius 2 is 1.83 bits per heavy atom. The lowest BCUT2D eigenvalue weighted by molar-refractivity contribution is 0.0160. The molecule has 3 heterocycles. The summed E-state index contributed by atoms with van der Waals surface area (Å²) in [7, 11) is -3.58. The lowest BCUT2D eigenvalue weighted by atomic mass is 10.1. The van der Waals surface area contributed by atoms with Crippen LogP contribution in [0.15, 0.2) is 47.5 Å². The van der Waals surface area contributed by atoms with Gasteiger partial charge in [0.05, 0.1) is 36.8 Å². The number of nitrogens with zero attached hydrogens (tertiary/aromatic N) is 4. The zero-order chi connectivity index (χ0) is 21.1. The Balaban J connectivity index is 1.34. The van der Waals surface area contributed by atoms with Crippen molar-refractivity contribution in [3.05, 3.63) is 53.7 Å². The summed E-state index contributed by atoms with van der Waals surface area (Å²) in [4.78, 5) is 18.5. The molecule has 9 nitrogen and oxygen atoms in total. The molecule has 0 aliphatic carbocycles. The first-order valence-electron chi connectivity index (χ1n) is 9.47. The highest BCUT2D eigenvalue weighted by atomic mass is 32.2. The molecule has 2 aliphatic rings. The van der Waals surface area contributed by atoms with Crippen LogP contribution in [0.1, 0.15) is 15.9 Å². The highest BCUT2D eigenvalue weighted by molar-refractivity contribution is 7.89. The van der Waals surface area contributed by atoms with Crippen LogP contribution in [0.3, 0.4) is 0 Å². The first-order valence-corrected chi connectivity index (χ1v) is 10.9. The van der Waals surface area contributed by atoms with Crippen molar-refractivity contribution in [1.82, 2.24) is 14.2 Å². The van der Waals surface area contributed by atoms with Crippen molar-refractivity contribution in [2.24, 2.45) is 0 Å². The van der Waals surface area contributed by atoms with E-state index in [1.807, 2.05) is 6.07 Å². The van der Waals surface area contributed by atoms with E-state index in [0.717, 1.165) is 0 Å². The Labute approximate surface area is 174 Å². The predicted octanol–water partition coefficient (Wildman–Crippen LogP) is 0.878. The number of aromatic nitrogens is 1. The van der Waals surface area contributed by atoms with E-state index in [2.05, 4.69) is 4.98 Å². The van der Waals surface area contributed by atoms with E-state index in [1.165, 1.54) is 34.8 Å². The smallest absolute Gasteiger partial charge is 0.254 e. The van der Waals surface area contributed by atoms with Gasteiger partial charge in [0.2, 0.25) is 15.9 Å². The zero-order valence-corrected chi connectivity index (χ0v) is 16.9. The second-order valence-corrected chi connectivity index (χ2v) is 8.93. The normalized spacial score (nSPS) is 17.8. The molecule has 2 fully saturated rings. The summed E-state index contributed by atoms with van der Waals surface area (Å²) in [6.45, 7) is 2.24. The summed E-state index contributed by atoms with van der Waals surface area (Å²) in [5.41, 5.74) is 0.873. The number of carbonyl (C=O) groups excluding carboxylic acids is 1. The fourth-order valence-corrected chi connectivity index (χ4v) is 4.66. The van der Waals surface area contributed by atoms with E-state index < -0.39 is 10.0 Å². The van der Waals surface area contributed by atoms with Crippen LogP contribution < -0.4 is 4.74 Å². The molecule has 30 heavy (non-hydrogen) atoms. The largest absolute Gasteiger partial charge is 0.471 e. The maximum absolute atomic E-state index is 12.7. The van der Waals surface area contributed by atoms with Gasteiger partial charge in [0.15, 0.2) is 0 Å². The first kappa shape index (κ1) is 20.3. The van der Waals surface area contributed by atoms with E-state index in [1.54, 1.807) is 17.0 Å². The molecular weight excluding hydrogens is 408 g/mol. The Bertz CT molecular complexity index is 1050. The average molecular weight is 428 g/mol. The van der Waals surface area contributed by atoms with Gasteiger partial charge in [-0.15, -0.1) is 0 Å². The molecule has 156 valence electrons. The van der Waals surface area contributed by atoms with Crippen LogP contribution in [-0.2, 0) is 14.8 Å². The number of nitriles is 1. The van der Waals surface area contributed by atoms with Gasteiger partial charge in [-0.1, -0.05) is 0 Å². The SMILES string of the molecule is N#Cc1ccc(OC2CN(C(=O)c3ccc(S(=O)(=O)N4CCOCC4)cc3)C2)nc1. The maximum Gasteiger partial charge on any atom is 0.254 e. The minimum atomic E-state index is -3.58. The Morgan fingerprint density at radius 3 is 2.43 bits per heavy atom. The van der Waals surface area contributed by atoms with Crippen molar-refractivity contribution in [3.63, 3.8) is 0 Å². The van der Waals surface area contributed by atoms with Crippen LogP contribution in [0.25, 0.3) is 0 Å². The van der Waals surface area contributed by atoms with Gasteiger partial charge in [0.1, 0.15) is 12.2 Å². The van der Waals surface area contributed by atoms with Gasteiger partial charge in [-0.25, -0.2) is 13.4 Å². The highest BCUT2D eigenvalue weighted by Crippen LogP contribution is 2.21. The third-order valence-electron chi connectivity index (χ3n) is 5.00. The van der Waals surface area contributed by atoms with Crippen LogP contribution in [0.4, 0.5) is 0 Å². The van der Waals surface area contributed by atoms with Crippen molar-refractivity contribution in [1.29, 1.82) is 5.26 Å². The molecule has 1 aromatic heterocycles. The zero-order valence-electron chi connectivity index (χ0n) is 16.1. The van der Waals surface area contributed by atoms with Gasteiger partial charge in [0.25, 0.3) is 5.91 Å². The molecule has 2 saturated heterocycles. The van der Waals surface area contributed by atoms with E-state index in [4.69, 9.17) is 14.7 Å². The van der Waals surface area contributed by atoms with Crippen molar-refractivity contribution in [2.45, 2.75) is 11.0 Å². The van der Waals surface area contributed by atoms with E-state index in [-0.39, 0.29) is 16.9 Å². The number of amides is 1. The molecule has 1 amide bonds. The van der Waals surface area contributed by atoms with Crippen LogP contribution >= 0.6 is 0 Å². The average Bonchev–Trinajstić information content (AvgIpc) is 2.76. The third kappa shape index (κ3) is 4.14. The fourth-order valence-electron chi connectivity index (χ4n) is 3.25. The minimum Gasteiger partial charge on any atom is -0.471 e. The van der Waals surface area contributed by atoms with Crippen molar-refractivity contribution in [3.8, 4) is 11.9 Å². The number of hydrogen-bond donors (Lipinski definition) is 0. The topological polar surface area (TPSA) is 113 Å². The van der Waals surface area contributed by atoms with Gasteiger partial charge < -0.3 is 14.4 Å². The van der Waals surface area contributed by atoms with Crippen LogP contribution in [0.2, 0.25) is 0 Å². The Morgan fingerprint density at radius 1 is 1.13 bits per heavy atom. The predicted molar refractivity (Wildman–Crippen MR) is 105 cm³/mol. The van der Waals surface area contributed by atoms with Crippen molar-refractivity contribution >= 4 is 15.9 Å². The maximum atomic E-state index is 12.7. The Hall–Kier alpha value is -3.00. The standard InChI is InChI=1S/C20H20N4O5S/c21-11-15-1-6-19(22-12-15)29-17-13-23(14-17)20(25)16-2-4-18(5-3-16)30(26,27)24-7-9-28-10-8-24/h1-6,12,17H,7-10,13-14H2. The summed E-state index contributed by atoms with van der Waals surface area (Å²) in [6.07, 6.45) is 1.26. The molecule has 0 unspecified atom stereocenters. The number of sulfonamides is 1. The van der Waals surface area contributed by atoms with Crippen molar-refractivity contribution < 1.29 is 22.7 Å². The molecule has 0 spiro atoms. The summed E-state index contributed by atoms with van der Waals surface area (Å²) < 4.78 is 37.6. The van der Waals surface area contributed by atoms with Crippen LogP contribution in [0.5, 0.6) is 5.88 Å². The van der Waals surface area contributed by atoms with Gasteiger partial charge in [0, 0.05) is 30.9 Å². The van der Waals surface area contributed by atoms with Gasteiger partial charge in [-0.05, 0) is 30.3 Å². The lowest BCUT2D eigenvalue weighted by Gasteiger charge is -2.38. The molecule has 2 aromatic rings. The molecule has 0 saturated carbocycles. The van der Waals surface area contributed by atoms with E-state index >= 15 is 0 Å². The monoisotopic (exact) mass is 428 g/mol. The quantitative estimate of drug-likeness (QED) is 0.695. The number of pyridine rings is 1. The Kier molecular flexibility index (Phi) is 5.67. The molecule has 1 aromatic carbocycles. The second kappa shape index (κ2) is 8.39. The van der Waals surface area contributed by atoms with Gasteiger partial charge in [-0.2, -0.15) is 9.57 Å². The lowest BCUT2D eigenvalue weighted by Crippen LogP contribution is -2.56. The number of likely N-dealkylation sites (tertiary alicyclic amines) is 1. The molecule has 0 N–H and O–H groups in total. The summed E-state index contributed by atoms with van der Waals surface area (Å²) in [5, 5.41) is 8.78. The molecule has 0 bridgehead atoms. The first-order chi connectivity index (χ1) is 14.5. The van der Waals surface area contributed by atoms with E-state index in [0.29, 0.717) is 56.4 Å². The summed E-state index contributed by atoms with van der Waals surface area (Å²) in [6, 6.07) is 11.2.